The minimum Gasteiger partial charge on any atom is -0.487 e. The van der Waals surface area contributed by atoms with Crippen LogP contribution < -0.4 is 9.46 Å². The third kappa shape index (κ3) is 4.40. The molecule has 4 rings (SSSR count). The molecule has 0 aliphatic rings. The predicted molar refractivity (Wildman–Crippen MR) is 114 cm³/mol. The van der Waals surface area contributed by atoms with Gasteiger partial charge in [0, 0.05) is 16.6 Å². The third-order valence-corrected chi connectivity index (χ3v) is 5.79. The fraction of sp³-hybridized carbons (Fsp3) is 0.136. The number of hydrogen-bond acceptors (Lipinski definition) is 5. The standard InChI is InChI=1S/C22H17F3N2O4S/c1-14-19(26-21(31-14)15-6-3-2-4-7-15)13-30-20-9-5-8-16-12-17(10-11-18(16)20)27-32(28,29)22(23,24)25/h2-12,27H,13H2,1H3. The smallest absolute Gasteiger partial charge is 0.487 e. The van der Waals surface area contributed by atoms with Crippen LogP contribution in [0.4, 0.5) is 18.9 Å². The highest BCUT2D eigenvalue weighted by molar-refractivity contribution is 7.93. The molecule has 3 aromatic carbocycles. The van der Waals surface area contributed by atoms with Gasteiger partial charge >= 0.3 is 15.5 Å². The molecule has 0 radical (unpaired) electrons. The second kappa shape index (κ2) is 8.19. The topological polar surface area (TPSA) is 81.4 Å². The van der Waals surface area contributed by atoms with E-state index in [4.69, 9.17) is 9.15 Å². The van der Waals surface area contributed by atoms with Crippen LogP contribution in [-0.4, -0.2) is 18.9 Å². The van der Waals surface area contributed by atoms with E-state index in [2.05, 4.69) is 4.98 Å². The number of aryl methyl sites for hydroxylation is 1. The number of benzene rings is 3. The summed E-state index contributed by atoms with van der Waals surface area (Å²) >= 11 is 0. The first-order valence-electron chi connectivity index (χ1n) is 9.40. The molecule has 0 spiro atoms. The summed E-state index contributed by atoms with van der Waals surface area (Å²) in [5.74, 6) is 1.55. The van der Waals surface area contributed by atoms with E-state index in [-0.39, 0.29) is 12.3 Å². The van der Waals surface area contributed by atoms with Gasteiger partial charge in [0.2, 0.25) is 5.89 Å². The first-order chi connectivity index (χ1) is 15.1. The average molecular weight is 462 g/mol. The lowest BCUT2D eigenvalue weighted by molar-refractivity contribution is -0.0429. The van der Waals surface area contributed by atoms with Gasteiger partial charge in [0.15, 0.2) is 0 Å². The van der Waals surface area contributed by atoms with E-state index in [0.717, 1.165) is 5.56 Å². The van der Waals surface area contributed by atoms with Crippen molar-refractivity contribution in [1.29, 1.82) is 0 Å². The second-order valence-electron chi connectivity index (χ2n) is 6.92. The number of rotatable bonds is 6. The number of ether oxygens (including phenoxy) is 1. The van der Waals surface area contributed by atoms with E-state index in [0.29, 0.717) is 33.9 Å². The summed E-state index contributed by atoms with van der Waals surface area (Å²) < 4.78 is 73.7. The van der Waals surface area contributed by atoms with Crippen LogP contribution in [0.1, 0.15) is 11.5 Å². The Morgan fingerprint density at radius 2 is 1.78 bits per heavy atom. The van der Waals surface area contributed by atoms with Crippen molar-refractivity contribution >= 4 is 26.5 Å². The van der Waals surface area contributed by atoms with Gasteiger partial charge in [-0.1, -0.05) is 30.3 Å². The van der Waals surface area contributed by atoms with Crippen molar-refractivity contribution in [1.82, 2.24) is 4.98 Å². The molecule has 166 valence electrons. The molecule has 10 heteroatoms. The fourth-order valence-electron chi connectivity index (χ4n) is 3.07. The lowest BCUT2D eigenvalue weighted by Gasteiger charge is -2.12. The van der Waals surface area contributed by atoms with Gasteiger partial charge < -0.3 is 9.15 Å². The quantitative estimate of drug-likeness (QED) is 0.401. The molecule has 32 heavy (non-hydrogen) atoms. The number of oxazole rings is 1. The highest BCUT2D eigenvalue weighted by atomic mass is 32.2. The molecule has 0 atom stereocenters. The maximum absolute atomic E-state index is 12.6. The van der Waals surface area contributed by atoms with Gasteiger partial charge in [0.25, 0.3) is 0 Å². The largest absolute Gasteiger partial charge is 0.516 e. The maximum atomic E-state index is 12.6. The van der Waals surface area contributed by atoms with Gasteiger partial charge in [-0.25, -0.2) is 4.98 Å². The van der Waals surface area contributed by atoms with Crippen LogP contribution in [-0.2, 0) is 16.6 Å². The number of aromatic nitrogens is 1. The van der Waals surface area contributed by atoms with Crippen LogP contribution in [0.2, 0.25) is 0 Å². The zero-order chi connectivity index (χ0) is 22.9. The van der Waals surface area contributed by atoms with Crippen LogP contribution in [0.15, 0.2) is 71.1 Å². The Kier molecular flexibility index (Phi) is 5.55. The Labute approximate surface area is 181 Å². The van der Waals surface area contributed by atoms with Crippen molar-refractivity contribution in [3.8, 4) is 17.2 Å². The van der Waals surface area contributed by atoms with E-state index in [1.54, 1.807) is 25.1 Å². The summed E-state index contributed by atoms with van der Waals surface area (Å²) in [6.45, 7) is 1.89. The molecule has 0 saturated carbocycles. The summed E-state index contributed by atoms with van der Waals surface area (Å²) in [5.41, 5.74) is -4.16. The van der Waals surface area contributed by atoms with Gasteiger partial charge in [0.05, 0.1) is 0 Å². The number of fused-ring (bicyclic) bond motifs is 1. The Bertz CT molecular complexity index is 1370. The van der Waals surface area contributed by atoms with Crippen LogP contribution in [0.25, 0.3) is 22.2 Å². The lowest BCUT2D eigenvalue weighted by atomic mass is 10.1. The van der Waals surface area contributed by atoms with E-state index in [9.17, 15) is 21.6 Å². The SMILES string of the molecule is Cc1oc(-c2ccccc2)nc1COc1cccc2cc(NS(=O)(=O)C(F)(F)F)ccc12. The number of halogens is 3. The third-order valence-electron chi connectivity index (χ3n) is 4.68. The maximum Gasteiger partial charge on any atom is 0.516 e. The lowest BCUT2D eigenvalue weighted by Crippen LogP contribution is -2.29. The molecular formula is C22H17F3N2O4S. The van der Waals surface area contributed by atoms with Gasteiger partial charge in [-0.05, 0) is 48.7 Å². The monoisotopic (exact) mass is 462 g/mol. The molecule has 0 bridgehead atoms. The summed E-state index contributed by atoms with van der Waals surface area (Å²) in [6, 6.07) is 18.5. The van der Waals surface area contributed by atoms with Crippen molar-refractivity contribution in [3.05, 3.63) is 78.2 Å². The molecule has 0 amide bonds. The summed E-state index contributed by atoms with van der Waals surface area (Å²) in [5, 5.41) is 1.11. The van der Waals surface area contributed by atoms with E-state index < -0.39 is 15.5 Å². The Hall–Kier alpha value is -3.53. The molecule has 1 aromatic heterocycles. The van der Waals surface area contributed by atoms with E-state index in [1.165, 1.54) is 22.9 Å². The molecule has 1 heterocycles. The zero-order valence-corrected chi connectivity index (χ0v) is 17.5. The van der Waals surface area contributed by atoms with Gasteiger partial charge in [-0.2, -0.15) is 21.6 Å². The summed E-state index contributed by atoms with van der Waals surface area (Å²) in [7, 11) is -5.50. The van der Waals surface area contributed by atoms with Crippen LogP contribution in [0.3, 0.4) is 0 Å². The number of nitrogens with zero attached hydrogens (tertiary/aromatic N) is 1. The van der Waals surface area contributed by atoms with Gasteiger partial charge in [-0.3, -0.25) is 4.72 Å². The number of anilines is 1. The molecule has 0 aliphatic carbocycles. The van der Waals surface area contributed by atoms with E-state index >= 15 is 0 Å². The molecular weight excluding hydrogens is 445 g/mol. The van der Waals surface area contributed by atoms with Crippen molar-refractivity contribution in [2.75, 3.05) is 4.72 Å². The Morgan fingerprint density at radius 1 is 1.03 bits per heavy atom. The van der Waals surface area contributed by atoms with Crippen molar-refractivity contribution in [2.45, 2.75) is 19.0 Å². The fourth-order valence-corrected chi connectivity index (χ4v) is 3.62. The van der Waals surface area contributed by atoms with Crippen molar-refractivity contribution < 1.29 is 30.7 Å². The van der Waals surface area contributed by atoms with Crippen molar-refractivity contribution in [3.63, 3.8) is 0 Å². The Morgan fingerprint density at radius 3 is 2.50 bits per heavy atom. The Balaban J connectivity index is 1.55. The first-order valence-corrected chi connectivity index (χ1v) is 10.9. The molecule has 4 aromatic rings. The number of nitrogens with one attached hydrogen (secondary N) is 1. The minimum atomic E-state index is -5.50. The molecule has 0 unspecified atom stereocenters. The average Bonchev–Trinajstić information content (AvgIpc) is 3.12. The molecule has 0 saturated heterocycles. The minimum absolute atomic E-state index is 0.115. The number of alkyl halides is 3. The van der Waals surface area contributed by atoms with Crippen LogP contribution >= 0.6 is 0 Å². The summed E-state index contributed by atoms with van der Waals surface area (Å²) in [4.78, 5) is 4.48. The first kappa shape index (κ1) is 21.7. The van der Waals surface area contributed by atoms with E-state index in [1.807, 2.05) is 30.3 Å². The van der Waals surface area contributed by atoms with Crippen LogP contribution in [0.5, 0.6) is 5.75 Å². The molecule has 6 nitrogen and oxygen atoms in total. The van der Waals surface area contributed by atoms with Crippen molar-refractivity contribution in [2.24, 2.45) is 0 Å². The number of hydrogen-bond donors (Lipinski definition) is 1. The molecule has 0 aliphatic heterocycles. The zero-order valence-electron chi connectivity index (χ0n) is 16.7. The number of sulfonamides is 1. The van der Waals surface area contributed by atoms with Crippen LogP contribution in [0, 0.1) is 6.92 Å². The summed E-state index contributed by atoms with van der Waals surface area (Å²) in [6.07, 6.45) is 0. The molecule has 1 N–H and O–H groups in total. The highest BCUT2D eigenvalue weighted by Crippen LogP contribution is 2.31. The van der Waals surface area contributed by atoms with Gasteiger partial charge in [-0.15, -0.1) is 0 Å². The molecule has 0 fully saturated rings. The normalized spacial score (nSPS) is 12.1. The second-order valence-corrected chi connectivity index (χ2v) is 8.59. The highest BCUT2D eigenvalue weighted by Gasteiger charge is 2.46. The predicted octanol–water partition coefficient (Wildman–Crippen LogP) is 5.64. The van der Waals surface area contributed by atoms with Gasteiger partial charge in [0.1, 0.15) is 23.8 Å².